The second-order valence-corrected chi connectivity index (χ2v) is 5.36. The molecule has 1 aromatic carbocycles. The van der Waals surface area contributed by atoms with Crippen LogP contribution in [0.2, 0.25) is 0 Å². The first-order valence-electron chi connectivity index (χ1n) is 6.85. The van der Waals surface area contributed by atoms with Crippen molar-refractivity contribution in [3.05, 3.63) is 29.8 Å². The number of nitrogens with two attached hydrogens (primary N) is 1. The first-order chi connectivity index (χ1) is 8.63. The van der Waals surface area contributed by atoms with Gasteiger partial charge in [-0.1, -0.05) is 12.1 Å². The number of morpholine rings is 1. The fraction of sp³-hybridized carbons (Fsp3) is 0.600. The molecule has 3 heteroatoms. The molecule has 1 heterocycles. The van der Waals surface area contributed by atoms with Crippen molar-refractivity contribution in [2.75, 3.05) is 25.4 Å². The summed E-state index contributed by atoms with van der Waals surface area (Å²) in [6, 6.07) is 8.21. The van der Waals surface area contributed by atoms with E-state index in [0.717, 1.165) is 31.7 Å². The maximum absolute atomic E-state index is 5.74. The third kappa shape index (κ3) is 4.00. The van der Waals surface area contributed by atoms with E-state index < -0.39 is 0 Å². The summed E-state index contributed by atoms with van der Waals surface area (Å²) >= 11 is 0. The van der Waals surface area contributed by atoms with E-state index in [1.807, 2.05) is 12.1 Å². The van der Waals surface area contributed by atoms with Crippen LogP contribution in [0.3, 0.4) is 0 Å². The molecule has 3 nitrogen and oxygen atoms in total. The third-order valence-electron chi connectivity index (χ3n) is 3.41. The van der Waals surface area contributed by atoms with Crippen LogP contribution in [0, 0.1) is 0 Å². The topological polar surface area (TPSA) is 38.5 Å². The smallest absolute Gasteiger partial charge is 0.0678 e. The molecule has 0 aromatic heterocycles. The highest BCUT2D eigenvalue weighted by atomic mass is 16.5. The highest BCUT2D eigenvalue weighted by Gasteiger charge is 2.21. The molecule has 1 aliphatic heterocycles. The van der Waals surface area contributed by atoms with Crippen LogP contribution in [0.15, 0.2) is 24.3 Å². The first kappa shape index (κ1) is 13.4. The van der Waals surface area contributed by atoms with Gasteiger partial charge >= 0.3 is 0 Å². The van der Waals surface area contributed by atoms with Crippen molar-refractivity contribution >= 4 is 5.69 Å². The molecule has 0 radical (unpaired) electrons. The molecule has 2 atom stereocenters. The molecule has 0 amide bonds. The monoisotopic (exact) mass is 248 g/mol. The lowest BCUT2D eigenvalue weighted by Crippen LogP contribution is -2.45. The van der Waals surface area contributed by atoms with Crippen LogP contribution in [0.1, 0.15) is 25.8 Å². The molecule has 1 aromatic rings. The Kier molecular flexibility index (Phi) is 4.61. The van der Waals surface area contributed by atoms with Gasteiger partial charge in [0.05, 0.1) is 12.2 Å². The summed E-state index contributed by atoms with van der Waals surface area (Å²) < 4.78 is 5.74. The van der Waals surface area contributed by atoms with Crippen LogP contribution < -0.4 is 5.73 Å². The van der Waals surface area contributed by atoms with Gasteiger partial charge in [-0.05, 0) is 50.9 Å². The molecule has 0 aliphatic carbocycles. The minimum atomic E-state index is 0.366. The van der Waals surface area contributed by atoms with Crippen molar-refractivity contribution in [3.8, 4) is 0 Å². The molecule has 2 N–H and O–H groups in total. The van der Waals surface area contributed by atoms with Gasteiger partial charge in [0, 0.05) is 18.8 Å². The average Bonchev–Trinajstić information content (AvgIpc) is 2.30. The van der Waals surface area contributed by atoms with E-state index in [1.165, 1.54) is 12.0 Å². The largest absolute Gasteiger partial charge is 0.399 e. The number of nitrogen functional groups attached to an aromatic ring is 1. The van der Waals surface area contributed by atoms with Gasteiger partial charge in [0.15, 0.2) is 0 Å². The molecule has 1 fully saturated rings. The molecule has 0 spiro atoms. The molecule has 2 rings (SSSR count). The van der Waals surface area contributed by atoms with Crippen molar-refractivity contribution in [2.24, 2.45) is 0 Å². The van der Waals surface area contributed by atoms with Crippen molar-refractivity contribution in [1.82, 2.24) is 4.90 Å². The van der Waals surface area contributed by atoms with Crippen LogP contribution >= 0.6 is 0 Å². The number of benzene rings is 1. The first-order valence-corrected chi connectivity index (χ1v) is 6.85. The van der Waals surface area contributed by atoms with Crippen LogP contribution in [0.5, 0.6) is 0 Å². The molecular formula is C15H24N2O. The minimum absolute atomic E-state index is 0.366. The summed E-state index contributed by atoms with van der Waals surface area (Å²) in [4.78, 5) is 2.51. The molecule has 1 saturated heterocycles. The fourth-order valence-corrected chi connectivity index (χ4v) is 2.66. The number of nitrogens with zero attached hydrogens (tertiary/aromatic N) is 1. The Balaban J connectivity index is 1.73. The SMILES string of the molecule is CC1CN(CCCc2ccc(N)cc2)CC(C)O1. The molecule has 18 heavy (non-hydrogen) atoms. The maximum Gasteiger partial charge on any atom is 0.0678 e. The lowest BCUT2D eigenvalue weighted by atomic mass is 10.1. The lowest BCUT2D eigenvalue weighted by molar-refractivity contribution is -0.0680. The van der Waals surface area contributed by atoms with Crippen LogP contribution in [-0.2, 0) is 11.2 Å². The Morgan fingerprint density at radius 3 is 2.39 bits per heavy atom. The summed E-state index contributed by atoms with van der Waals surface area (Å²) in [5.41, 5.74) is 7.90. The molecule has 2 unspecified atom stereocenters. The average molecular weight is 248 g/mol. The number of aryl methyl sites for hydroxylation is 1. The van der Waals surface area contributed by atoms with Gasteiger partial charge in [0.1, 0.15) is 0 Å². The number of hydrogen-bond donors (Lipinski definition) is 1. The van der Waals surface area contributed by atoms with Crippen LogP contribution in [0.25, 0.3) is 0 Å². The van der Waals surface area contributed by atoms with Crippen molar-refractivity contribution in [1.29, 1.82) is 0 Å². The van der Waals surface area contributed by atoms with E-state index in [0.29, 0.717) is 12.2 Å². The van der Waals surface area contributed by atoms with Crippen molar-refractivity contribution in [2.45, 2.75) is 38.9 Å². The highest BCUT2D eigenvalue weighted by molar-refractivity contribution is 5.39. The molecular weight excluding hydrogens is 224 g/mol. The number of hydrogen-bond acceptors (Lipinski definition) is 3. The van der Waals surface area contributed by atoms with Gasteiger partial charge in [-0.25, -0.2) is 0 Å². The zero-order valence-corrected chi connectivity index (χ0v) is 11.4. The third-order valence-corrected chi connectivity index (χ3v) is 3.41. The minimum Gasteiger partial charge on any atom is -0.399 e. The molecule has 0 saturated carbocycles. The number of ether oxygens (including phenoxy) is 1. The molecule has 0 bridgehead atoms. The standard InChI is InChI=1S/C15H24N2O/c1-12-10-17(11-13(2)18-12)9-3-4-14-5-7-15(16)8-6-14/h5-8,12-13H,3-4,9-11,16H2,1-2H3. The quantitative estimate of drug-likeness (QED) is 0.831. The normalized spacial score (nSPS) is 25.2. The Bertz CT molecular complexity index is 353. The Morgan fingerprint density at radius 1 is 1.17 bits per heavy atom. The Labute approximate surface area is 110 Å². The summed E-state index contributed by atoms with van der Waals surface area (Å²) in [7, 11) is 0. The van der Waals surface area contributed by atoms with Crippen LogP contribution in [0.4, 0.5) is 5.69 Å². The Hall–Kier alpha value is -1.06. The second kappa shape index (κ2) is 6.21. The fourth-order valence-electron chi connectivity index (χ4n) is 2.66. The summed E-state index contributed by atoms with van der Waals surface area (Å²) in [6.07, 6.45) is 3.06. The highest BCUT2D eigenvalue weighted by Crippen LogP contribution is 2.12. The van der Waals surface area contributed by atoms with E-state index in [4.69, 9.17) is 10.5 Å². The van der Waals surface area contributed by atoms with E-state index in [2.05, 4.69) is 30.9 Å². The maximum atomic E-state index is 5.74. The zero-order valence-electron chi connectivity index (χ0n) is 11.4. The van der Waals surface area contributed by atoms with E-state index >= 15 is 0 Å². The van der Waals surface area contributed by atoms with Crippen LogP contribution in [-0.4, -0.2) is 36.7 Å². The lowest BCUT2D eigenvalue weighted by Gasteiger charge is -2.35. The number of rotatable bonds is 4. The van der Waals surface area contributed by atoms with E-state index in [-0.39, 0.29) is 0 Å². The molecule has 1 aliphatic rings. The van der Waals surface area contributed by atoms with E-state index in [9.17, 15) is 0 Å². The van der Waals surface area contributed by atoms with Gasteiger partial charge < -0.3 is 10.5 Å². The van der Waals surface area contributed by atoms with Gasteiger partial charge in [-0.2, -0.15) is 0 Å². The predicted molar refractivity (Wildman–Crippen MR) is 75.6 cm³/mol. The Morgan fingerprint density at radius 2 is 1.78 bits per heavy atom. The van der Waals surface area contributed by atoms with Crippen molar-refractivity contribution < 1.29 is 4.74 Å². The van der Waals surface area contributed by atoms with Crippen molar-refractivity contribution in [3.63, 3.8) is 0 Å². The van der Waals surface area contributed by atoms with Gasteiger partial charge in [-0.3, -0.25) is 4.90 Å². The zero-order chi connectivity index (χ0) is 13.0. The summed E-state index contributed by atoms with van der Waals surface area (Å²) in [5, 5.41) is 0. The number of anilines is 1. The van der Waals surface area contributed by atoms with Gasteiger partial charge in [0.25, 0.3) is 0 Å². The predicted octanol–water partition coefficient (Wildman–Crippen LogP) is 2.31. The van der Waals surface area contributed by atoms with Gasteiger partial charge in [0.2, 0.25) is 0 Å². The summed E-state index contributed by atoms with van der Waals surface area (Å²) in [5.74, 6) is 0. The second-order valence-electron chi connectivity index (χ2n) is 5.36. The van der Waals surface area contributed by atoms with Gasteiger partial charge in [-0.15, -0.1) is 0 Å². The van der Waals surface area contributed by atoms with E-state index in [1.54, 1.807) is 0 Å². The summed E-state index contributed by atoms with van der Waals surface area (Å²) in [6.45, 7) is 7.59. The molecule has 100 valence electrons.